The van der Waals surface area contributed by atoms with Crippen LogP contribution in [-0.2, 0) is 0 Å². The van der Waals surface area contributed by atoms with Crippen molar-refractivity contribution >= 4 is 17.5 Å². The van der Waals surface area contributed by atoms with Gasteiger partial charge in [-0.25, -0.2) is 0 Å². The summed E-state index contributed by atoms with van der Waals surface area (Å²) in [6, 6.07) is 9.68. The minimum atomic E-state index is 0.521. The number of nitrogens with two attached hydrogens (primary N) is 1. The normalized spacial score (nSPS) is 10.9. The largest absolute Gasteiger partial charge is 0.398 e. The van der Waals surface area contributed by atoms with Crippen molar-refractivity contribution in [2.75, 3.05) is 6.26 Å². The Hall–Kier alpha value is -1.40. The van der Waals surface area contributed by atoms with Gasteiger partial charge in [-0.3, -0.25) is 0 Å². The number of rotatable bonds is 2. The zero-order chi connectivity index (χ0) is 9.68. The van der Waals surface area contributed by atoms with E-state index in [4.69, 9.17) is 11.0 Å². The molecule has 0 amide bonds. The van der Waals surface area contributed by atoms with Crippen molar-refractivity contribution in [2.24, 2.45) is 5.73 Å². The van der Waals surface area contributed by atoms with Crippen molar-refractivity contribution in [1.29, 1.82) is 5.26 Å². The van der Waals surface area contributed by atoms with E-state index in [1.165, 1.54) is 6.08 Å². The molecular weight excluding hydrogens is 180 g/mol. The molecule has 0 aliphatic carbocycles. The van der Waals surface area contributed by atoms with E-state index in [9.17, 15) is 0 Å². The number of thioether (sulfide) groups is 1. The second-order valence-electron chi connectivity index (χ2n) is 2.43. The Morgan fingerprint density at radius 2 is 2.23 bits per heavy atom. The first kappa shape index (κ1) is 9.69. The summed E-state index contributed by atoms with van der Waals surface area (Å²) in [7, 11) is 0. The van der Waals surface area contributed by atoms with Crippen LogP contribution in [0, 0.1) is 11.3 Å². The van der Waals surface area contributed by atoms with E-state index in [1.54, 1.807) is 11.8 Å². The molecule has 2 N–H and O–H groups in total. The molecule has 1 aromatic carbocycles. The third-order valence-corrected chi connectivity index (χ3v) is 2.43. The Morgan fingerprint density at radius 1 is 1.54 bits per heavy atom. The van der Waals surface area contributed by atoms with Crippen LogP contribution in [-0.4, -0.2) is 6.26 Å². The highest BCUT2D eigenvalue weighted by Crippen LogP contribution is 2.23. The molecule has 0 unspecified atom stereocenters. The van der Waals surface area contributed by atoms with Gasteiger partial charge in [-0.05, 0) is 12.3 Å². The lowest BCUT2D eigenvalue weighted by Gasteiger charge is -2.05. The summed E-state index contributed by atoms with van der Waals surface area (Å²) in [5.41, 5.74) is 7.16. The van der Waals surface area contributed by atoms with Crippen LogP contribution in [0.25, 0.3) is 5.70 Å². The maximum atomic E-state index is 8.45. The van der Waals surface area contributed by atoms with Gasteiger partial charge in [0, 0.05) is 16.5 Å². The van der Waals surface area contributed by atoms with Crippen molar-refractivity contribution in [3.8, 4) is 6.07 Å². The first-order valence-electron chi connectivity index (χ1n) is 3.78. The van der Waals surface area contributed by atoms with E-state index in [0.717, 1.165) is 10.5 Å². The smallest absolute Gasteiger partial charge is 0.0933 e. The van der Waals surface area contributed by atoms with Crippen molar-refractivity contribution in [3.63, 3.8) is 0 Å². The molecule has 0 fully saturated rings. The SMILES string of the molecule is CSc1ccccc1/C(N)=C/C#N. The minimum absolute atomic E-state index is 0.521. The topological polar surface area (TPSA) is 49.8 Å². The molecule has 0 aliphatic heterocycles. The van der Waals surface area contributed by atoms with Crippen molar-refractivity contribution in [3.05, 3.63) is 35.9 Å². The van der Waals surface area contributed by atoms with Crippen LogP contribution in [0.2, 0.25) is 0 Å². The van der Waals surface area contributed by atoms with Gasteiger partial charge in [0.2, 0.25) is 0 Å². The number of benzene rings is 1. The molecule has 0 bridgehead atoms. The van der Waals surface area contributed by atoms with Crippen molar-refractivity contribution in [2.45, 2.75) is 4.90 Å². The van der Waals surface area contributed by atoms with Crippen LogP contribution in [0.15, 0.2) is 35.2 Å². The zero-order valence-corrected chi connectivity index (χ0v) is 8.14. The molecule has 0 radical (unpaired) electrons. The third-order valence-electron chi connectivity index (χ3n) is 1.64. The highest BCUT2D eigenvalue weighted by Gasteiger charge is 2.01. The van der Waals surface area contributed by atoms with Crippen LogP contribution < -0.4 is 5.73 Å². The Labute approximate surface area is 82.1 Å². The third kappa shape index (κ3) is 2.27. The Bertz CT molecular complexity index is 363. The number of nitrogens with zero attached hydrogens (tertiary/aromatic N) is 1. The van der Waals surface area contributed by atoms with Crippen LogP contribution >= 0.6 is 11.8 Å². The number of hydrogen-bond donors (Lipinski definition) is 1. The van der Waals surface area contributed by atoms with E-state index < -0.39 is 0 Å². The molecular formula is C10H10N2S. The molecule has 0 saturated carbocycles. The zero-order valence-electron chi connectivity index (χ0n) is 7.32. The average Bonchev–Trinajstić information content (AvgIpc) is 2.18. The molecule has 0 aliphatic rings. The predicted molar refractivity (Wildman–Crippen MR) is 56.0 cm³/mol. The van der Waals surface area contributed by atoms with E-state index >= 15 is 0 Å². The maximum Gasteiger partial charge on any atom is 0.0933 e. The van der Waals surface area contributed by atoms with Crippen molar-refractivity contribution in [1.82, 2.24) is 0 Å². The Balaban J connectivity index is 3.15. The fourth-order valence-electron chi connectivity index (χ4n) is 1.03. The van der Waals surface area contributed by atoms with Gasteiger partial charge in [-0.15, -0.1) is 11.8 Å². The van der Waals surface area contributed by atoms with E-state index in [2.05, 4.69) is 0 Å². The molecule has 3 heteroatoms. The molecule has 13 heavy (non-hydrogen) atoms. The first-order valence-corrected chi connectivity index (χ1v) is 5.00. The quantitative estimate of drug-likeness (QED) is 0.574. The number of allylic oxidation sites excluding steroid dienone is 1. The lowest BCUT2D eigenvalue weighted by molar-refractivity contribution is 1.36. The molecule has 0 atom stereocenters. The monoisotopic (exact) mass is 190 g/mol. The molecule has 1 aromatic rings. The van der Waals surface area contributed by atoms with Gasteiger partial charge in [0.15, 0.2) is 0 Å². The summed E-state index contributed by atoms with van der Waals surface area (Å²) in [5, 5.41) is 8.45. The average molecular weight is 190 g/mol. The van der Waals surface area contributed by atoms with Crippen LogP contribution in [0.5, 0.6) is 0 Å². The second kappa shape index (κ2) is 4.58. The van der Waals surface area contributed by atoms with Crippen LogP contribution in [0.3, 0.4) is 0 Å². The molecule has 0 spiro atoms. The van der Waals surface area contributed by atoms with Gasteiger partial charge in [0.05, 0.1) is 11.8 Å². The molecule has 1 rings (SSSR count). The van der Waals surface area contributed by atoms with E-state index in [-0.39, 0.29) is 0 Å². The summed E-state index contributed by atoms with van der Waals surface area (Å²) in [5.74, 6) is 0. The van der Waals surface area contributed by atoms with Crippen LogP contribution in [0.1, 0.15) is 5.56 Å². The van der Waals surface area contributed by atoms with Gasteiger partial charge in [-0.1, -0.05) is 18.2 Å². The lowest BCUT2D eigenvalue weighted by Crippen LogP contribution is -1.97. The molecule has 0 saturated heterocycles. The highest BCUT2D eigenvalue weighted by atomic mass is 32.2. The van der Waals surface area contributed by atoms with Gasteiger partial charge in [0.25, 0.3) is 0 Å². The fraction of sp³-hybridized carbons (Fsp3) is 0.100. The lowest BCUT2D eigenvalue weighted by atomic mass is 10.1. The van der Waals surface area contributed by atoms with Gasteiger partial charge < -0.3 is 5.73 Å². The van der Waals surface area contributed by atoms with Crippen molar-refractivity contribution < 1.29 is 0 Å². The summed E-state index contributed by atoms with van der Waals surface area (Å²) >= 11 is 1.62. The Morgan fingerprint density at radius 3 is 2.85 bits per heavy atom. The summed E-state index contributed by atoms with van der Waals surface area (Å²) in [6.45, 7) is 0. The Kier molecular flexibility index (Phi) is 3.41. The van der Waals surface area contributed by atoms with E-state index in [0.29, 0.717) is 5.70 Å². The molecule has 2 nitrogen and oxygen atoms in total. The summed E-state index contributed by atoms with van der Waals surface area (Å²) < 4.78 is 0. The standard InChI is InChI=1S/C10H10N2S/c1-13-10-5-3-2-4-8(10)9(12)6-7-11/h2-6H,12H2,1H3/b9-6-. The summed E-state index contributed by atoms with van der Waals surface area (Å²) in [4.78, 5) is 1.09. The van der Waals surface area contributed by atoms with Crippen LogP contribution in [0.4, 0.5) is 0 Å². The predicted octanol–water partition coefficient (Wildman–Crippen LogP) is 2.23. The second-order valence-corrected chi connectivity index (χ2v) is 3.28. The first-order chi connectivity index (χ1) is 6.29. The number of nitriles is 1. The fourth-order valence-corrected chi connectivity index (χ4v) is 1.65. The molecule has 0 aromatic heterocycles. The maximum absolute atomic E-state index is 8.45. The van der Waals surface area contributed by atoms with Gasteiger partial charge in [0.1, 0.15) is 0 Å². The minimum Gasteiger partial charge on any atom is -0.398 e. The number of hydrogen-bond acceptors (Lipinski definition) is 3. The van der Waals surface area contributed by atoms with Gasteiger partial charge in [-0.2, -0.15) is 5.26 Å². The molecule has 0 heterocycles. The van der Waals surface area contributed by atoms with Gasteiger partial charge >= 0.3 is 0 Å². The van der Waals surface area contributed by atoms with E-state index in [1.807, 2.05) is 36.6 Å². The molecule has 66 valence electrons. The highest BCUT2D eigenvalue weighted by molar-refractivity contribution is 7.98. The summed E-state index contributed by atoms with van der Waals surface area (Å²) in [6.07, 6.45) is 3.34.